The van der Waals surface area contributed by atoms with E-state index in [0.717, 1.165) is 18.6 Å². The van der Waals surface area contributed by atoms with Crippen molar-refractivity contribution in [2.24, 2.45) is 0 Å². The fraction of sp³-hybridized carbons (Fsp3) is 0.448. The number of hydrogen-bond acceptors (Lipinski definition) is 7. The van der Waals surface area contributed by atoms with Crippen LogP contribution >= 0.6 is 0 Å². The van der Waals surface area contributed by atoms with Gasteiger partial charge in [-0.1, -0.05) is 24.8 Å². The first-order valence-corrected chi connectivity index (χ1v) is 13.3. The van der Waals surface area contributed by atoms with E-state index in [4.69, 9.17) is 0 Å². The van der Waals surface area contributed by atoms with Gasteiger partial charge in [0, 0.05) is 44.9 Å². The van der Waals surface area contributed by atoms with Gasteiger partial charge in [0.25, 0.3) is 0 Å². The normalized spacial score (nSPS) is 12.0. The van der Waals surface area contributed by atoms with E-state index in [9.17, 15) is 22.8 Å². The van der Waals surface area contributed by atoms with E-state index < -0.39 is 17.8 Å². The van der Waals surface area contributed by atoms with Crippen molar-refractivity contribution in [2.45, 2.75) is 45.3 Å². The Balaban J connectivity index is 1.91. The molecule has 222 valence electrons. The Morgan fingerprint density at radius 2 is 1.83 bits per heavy atom. The Labute approximate surface area is 239 Å². The lowest BCUT2D eigenvalue weighted by Gasteiger charge is -2.23. The summed E-state index contributed by atoms with van der Waals surface area (Å²) in [5, 5.41) is 8.94. The van der Waals surface area contributed by atoms with E-state index >= 15 is 0 Å². The van der Waals surface area contributed by atoms with E-state index in [1.165, 1.54) is 23.1 Å². The minimum atomic E-state index is -4.41. The van der Waals surface area contributed by atoms with Gasteiger partial charge in [0.1, 0.15) is 11.9 Å². The molecule has 0 aliphatic carbocycles. The van der Waals surface area contributed by atoms with Crippen LogP contribution in [0.1, 0.15) is 44.2 Å². The number of alkyl halides is 3. The van der Waals surface area contributed by atoms with Gasteiger partial charge in [-0.3, -0.25) is 9.59 Å². The molecule has 2 rings (SSSR count). The van der Waals surface area contributed by atoms with Gasteiger partial charge in [0.2, 0.25) is 17.8 Å². The highest BCUT2D eigenvalue weighted by Gasteiger charge is 2.30. The Kier molecular flexibility index (Phi) is 13.1. The number of unbranched alkanes of at least 4 members (excludes halogenated alkanes) is 1. The summed E-state index contributed by atoms with van der Waals surface area (Å²) in [7, 11) is 5.39. The molecule has 2 aromatic rings. The van der Waals surface area contributed by atoms with Gasteiger partial charge in [0.05, 0.1) is 17.3 Å². The first-order valence-electron chi connectivity index (χ1n) is 13.3. The minimum Gasteiger partial charge on any atom is -0.369 e. The predicted octanol–water partition coefficient (Wildman–Crippen LogP) is 4.27. The van der Waals surface area contributed by atoms with Crippen LogP contribution in [-0.2, 0) is 15.8 Å². The lowest BCUT2D eigenvalue weighted by molar-refractivity contribution is -0.137. The molecule has 12 heteroatoms. The second kappa shape index (κ2) is 16.2. The van der Waals surface area contributed by atoms with Crippen LogP contribution in [0.2, 0.25) is 0 Å². The van der Waals surface area contributed by atoms with E-state index in [-0.39, 0.29) is 17.8 Å². The number of rotatable bonds is 13. The molecular formula is C29H38F3N7O2. The van der Waals surface area contributed by atoms with Crippen LogP contribution in [0.15, 0.2) is 42.6 Å². The molecule has 0 saturated carbocycles. The first kappa shape index (κ1) is 33.1. The molecule has 0 saturated heterocycles. The summed E-state index contributed by atoms with van der Waals surface area (Å²) < 4.78 is 38.4. The molecule has 0 fully saturated rings. The smallest absolute Gasteiger partial charge is 0.369 e. The van der Waals surface area contributed by atoms with Crippen molar-refractivity contribution in [2.75, 3.05) is 51.4 Å². The van der Waals surface area contributed by atoms with Crippen molar-refractivity contribution in [3.05, 3.63) is 53.7 Å². The number of amides is 2. The number of halogens is 3. The van der Waals surface area contributed by atoms with E-state index in [2.05, 4.69) is 37.8 Å². The van der Waals surface area contributed by atoms with Gasteiger partial charge < -0.3 is 25.8 Å². The molecule has 9 nitrogen and oxygen atoms in total. The number of hydrogen-bond donors (Lipinski definition) is 3. The zero-order chi connectivity index (χ0) is 30.4. The molecule has 2 amide bonds. The number of aromatic nitrogens is 2. The summed E-state index contributed by atoms with van der Waals surface area (Å²) >= 11 is 0. The summed E-state index contributed by atoms with van der Waals surface area (Å²) in [6.07, 6.45) is 2.33. The number of nitrogens with zero attached hydrogens (tertiary/aromatic N) is 4. The lowest BCUT2D eigenvalue weighted by atomic mass is 10.2. The highest BCUT2D eigenvalue weighted by molar-refractivity contribution is 5.92. The monoisotopic (exact) mass is 573 g/mol. The lowest BCUT2D eigenvalue weighted by Crippen LogP contribution is -2.45. The Hall–Kier alpha value is -4.11. The van der Waals surface area contributed by atoms with Gasteiger partial charge in [-0.2, -0.15) is 18.2 Å². The van der Waals surface area contributed by atoms with Gasteiger partial charge >= 0.3 is 6.18 Å². The third kappa shape index (κ3) is 11.5. The number of benzene rings is 1. The highest BCUT2D eigenvalue weighted by Crippen LogP contribution is 2.30. The summed E-state index contributed by atoms with van der Waals surface area (Å²) in [5.74, 6) is 6.35. The van der Waals surface area contributed by atoms with E-state index in [1.54, 1.807) is 26.2 Å². The second-order valence-electron chi connectivity index (χ2n) is 9.57. The first-order chi connectivity index (χ1) is 19.4. The molecule has 0 aliphatic heterocycles. The number of likely N-dealkylation sites (N-methyl/N-ethyl adjacent to an activating group) is 2. The summed E-state index contributed by atoms with van der Waals surface area (Å²) in [5.41, 5.74) is 0.266. The summed E-state index contributed by atoms with van der Waals surface area (Å²) in [6.45, 7) is 5.37. The molecular weight excluding hydrogens is 535 g/mol. The fourth-order valence-electron chi connectivity index (χ4n) is 3.33. The Bertz CT molecular complexity index is 1240. The quantitative estimate of drug-likeness (QED) is 0.187. The van der Waals surface area contributed by atoms with E-state index in [0.29, 0.717) is 49.5 Å². The predicted molar refractivity (Wildman–Crippen MR) is 155 cm³/mol. The van der Waals surface area contributed by atoms with Crippen molar-refractivity contribution in [1.29, 1.82) is 0 Å². The average Bonchev–Trinajstić information content (AvgIpc) is 2.93. The molecule has 0 radical (unpaired) electrons. The SMILES string of the molecule is CCCNc1nc(Nc2ccc(C(F)(F)F)cc2)ncc1C#CCCCNC(=O)[C@H](C)N(C)C(=O)/C=C/CN(C)C. The number of carbonyl (C=O) groups excluding carboxylic acids is 2. The molecule has 0 spiro atoms. The maximum absolute atomic E-state index is 12.8. The van der Waals surface area contributed by atoms with Gasteiger partial charge in [-0.15, -0.1) is 0 Å². The van der Waals surface area contributed by atoms with Crippen LogP contribution < -0.4 is 16.0 Å². The van der Waals surface area contributed by atoms with Crippen molar-refractivity contribution in [1.82, 2.24) is 25.1 Å². The molecule has 1 atom stereocenters. The van der Waals surface area contributed by atoms with Crippen molar-refractivity contribution in [3.63, 3.8) is 0 Å². The molecule has 0 bridgehead atoms. The summed E-state index contributed by atoms with van der Waals surface area (Å²) in [6, 6.07) is 4.00. The van der Waals surface area contributed by atoms with Crippen LogP contribution in [0.5, 0.6) is 0 Å². The average molecular weight is 574 g/mol. The largest absolute Gasteiger partial charge is 0.416 e. The minimum absolute atomic E-state index is 0.224. The maximum Gasteiger partial charge on any atom is 0.416 e. The molecule has 1 aromatic heterocycles. The topological polar surface area (TPSA) is 102 Å². The second-order valence-corrected chi connectivity index (χ2v) is 9.57. The van der Waals surface area contributed by atoms with Crippen molar-refractivity contribution >= 4 is 29.3 Å². The third-order valence-electron chi connectivity index (χ3n) is 5.84. The third-order valence-corrected chi connectivity index (χ3v) is 5.84. The Morgan fingerprint density at radius 1 is 1.12 bits per heavy atom. The summed E-state index contributed by atoms with van der Waals surface area (Å²) in [4.78, 5) is 36.7. The maximum atomic E-state index is 12.8. The number of nitrogens with one attached hydrogen (secondary N) is 3. The highest BCUT2D eigenvalue weighted by atomic mass is 19.4. The van der Waals surface area contributed by atoms with Crippen LogP contribution in [0.4, 0.5) is 30.6 Å². The fourth-order valence-corrected chi connectivity index (χ4v) is 3.33. The molecule has 1 aromatic carbocycles. The van der Waals surface area contributed by atoms with Gasteiger partial charge in [-0.05, 0) is 58.1 Å². The Morgan fingerprint density at radius 3 is 2.46 bits per heavy atom. The molecule has 1 heterocycles. The number of carbonyl (C=O) groups is 2. The molecule has 0 unspecified atom stereocenters. The zero-order valence-electron chi connectivity index (χ0n) is 24.1. The number of anilines is 3. The van der Waals surface area contributed by atoms with E-state index in [1.807, 2.05) is 25.9 Å². The van der Waals surface area contributed by atoms with Crippen LogP contribution in [0, 0.1) is 11.8 Å². The molecule has 41 heavy (non-hydrogen) atoms. The van der Waals surface area contributed by atoms with Crippen LogP contribution in [0.25, 0.3) is 0 Å². The van der Waals surface area contributed by atoms with Crippen LogP contribution in [0.3, 0.4) is 0 Å². The molecule has 3 N–H and O–H groups in total. The van der Waals surface area contributed by atoms with Crippen molar-refractivity contribution in [3.8, 4) is 11.8 Å². The van der Waals surface area contributed by atoms with Gasteiger partial charge in [-0.25, -0.2) is 4.98 Å². The van der Waals surface area contributed by atoms with Crippen molar-refractivity contribution < 1.29 is 22.8 Å². The van der Waals surface area contributed by atoms with Crippen LogP contribution in [-0.4, -0.2) is 78.4 Å². The molecule has 0 aliphatic rings. The standard InChI is InChI=1S/C29H38F3N7O2/c1-6-17-33-26-22(20-35-28(37-26)36-24-15-13-23(14-16-24)29(30,31)32)11-8-7-9-18-34-27(41)21(2)39(5)25(40)12-10-19-38(3)4/h10,12-16,20-21H,6-7,9,17-19H2,1-5H3,(H,34,41)(H2,33,35,36,37)/b12-10+/t21-/m0/s1. The zero-order valence-corrected chi connectivity index (χ0v) is 24.1. The van der Waals surface area contributed by atoms with Gasteiger partial charge in [0.15, 0.2) is 0 Å².